The highest BCUT2D eigenvalue weighted by atomic mass is 19.3. The number of fused-ring (bicyclic) bond motifs is 1. The van der Waals surface area contributed by atoms with E-state index in [1.807, 2.05) is 30.3 Å². The van der Waals surface area contributed by atoms with E-state index in [0.717, 1.165) is 16.5 Å². The van der Waals surface area contributed by atoms with Crippen LogP contribution in [0.1, 0.15) is 12.0 Å². The molecule has 110 valence electrons. The molecule has 0 radical (unpaired) electrons. The highest BCUT2D eigenvalue weighted by molar-refractivity contribution is 5.84. The number of halogens is 2. The van der Waals surface area contributed by atoms with Crippen LogP contribution in [-0.2, 0) is 11.3 Å². The number of para-hydroxylation sites is 1. The van der Waals surface area contributed by atoms with Gasteiger partial charge in [0.25, 0.3) is 5.92 Å². The van der Waals surface area contributed by atoms with Gasteiger partial charge in [-0.2, -0.15) is 0 Å². The van der Waals surface area contributed by atoms with E-state index >= 15 is 0 Å². The van der Waals surface area contributed by atoms with Crippen molar-refractivity contribution in [1.29, 1.82) is 0 Å². The van der Waals surface area contributed by atoms with Crippen LogP contribution >= 0.6 is 0 Å². The molecule has 6 heteroatoms. The third kappa shape index (κ3) is 3.00. The van der Waals surface area contributed by atoms with Crippen LogP contribution in [0.15, 0.2) is 36.5 Å². The molecule has 1 unspecified atom stereocenters. The van der Waals surface area contributed by atoms with Crippen LogP contribution in [0, 0.1) is 0 Å². The Balaban J connectivity index is 1.68. The Hall–Kier alpha value is -2.08. The zero-order chi connectivity index (χ0) is 14.9. The summed E-state index contributed by atoms with van der Waals surface area (Å²) in [5.74, 6) is -3.21. The Kier molecular flexibility index (Phi) is 3.55. The SMILES string of the molecule is O=C(NCc1cccc2cccnc12)C1CC(F)(F)CN1. The van der Waals surface area contributed by atoms with Gasteiger partial charge in [0.1, 0.15) is 0 Å². The molecule has 1 atom stereocenters. The fraction of sp³-hybridized carbons (Fsp3) is 0.333. The predicted molar refractivity (Wildman–Crippen MR) is 74.9 cm³/mol. The van der Waals surface area contributed by atoms with Gasteiger partial charge in [0, 0.05) is 24.5 Å². The standard InChI is InChI=1S/C15H15F2N3O/c16-15(17)7-12(20-9-15)14(21)19-8-11-4-1-3-10-5-2-6-18-13(10)11/h1-6,12,20H,7-9H2,(H,19,21). The molecule has 2 heterocycles. The molecule has 1 aliphatic heterocycles. The van der Waals surface area contributed by atoms with Crippen molar-refractivity contribution in [2.75, 3.05) is 6.54 Å². The highest BCUT2D eigenvalue weighted by Crippen LogP contribution is 2.25. The van der Waals surface area contributed by atoms with Crippen LogP contribution in [-0.4, -0.2) is 29.4 Å². The number of pyridine rings is 1. The average molecular weight is 291 g/mol. The summed E-state index contributed by atoms with van der Waals surface area (Å²) in [4.78, 5) is 16.2. The lowest BCUT2D eigenvalue weighted by Gasteiger charge is -2.12. The smallest absolute Gasteiger partial charge is 0.262 e. The van der Waals surface area contributed by atoms with E-state index in [1.165, 1.54) is 0 Å². The molecule has 0 saturated carbocycles. The van der Waals surface area contributed by atoms with Gasteiger partial charge in [-0.3, -0.25) is 15.1 Å². The molecule has 1 aromatic carbocycles. The molecule has 1 aliphatic rings. The van der Waals surface area contributed by atoms with Crippen LogP contribution in [0.2, 0.25) is 0 Å². The second-order valence-corrected chi connectivity index (χ2v) is 5.20. The van der Waals surface area contributed by atoms with Gasteiger partial charge in [-0.25, -0.2) is 8.78 Å². The normalized spacial score (nSPS) is 20.6. The number of hydrogen-bond donors (Lipinski definition) is 2. The largest absolute Gasteiger partial charge is 0.351 e. The highest BCUT2D eigenvalue weighted by Gasteiger charge is 2.42. The quantitative estimate of drug-likeness (QED) is 0.907. The summed E-state index contributed by atoms with van der Waals surface area (Å²) in [5, 5.41) is 6.22. The van der Waals surface area contributed by atoms with Crippen LogP contribution in [0.25, 0.3) is 10.9 Å². The predicted octanol–water partition coefficient (Wildman–Crippen LogP) is 1.85. The van der Waals surface area contributed by atoms with E-state index in [9.17, 15) is 13.6 Å². The van der Waals surface area contributed by atoms with Crippen molar-refractivity contribution in [2.24, 2.45) is 0 Å². The minimum atomic E-state index is -2.80. The summed E-state index contributed by atoms with van der Waals surface area (Å²) in [5.41, 5.74) is 1.68. The first kappa shape index (κ1) is 13.9. The lowest BCUT2D eigenvalue weighted by Crippen LogP contribution is -2.40. The minimum Gasteiger partial charge on any atom is -0.351 e. The number of nitrogens with one attached hydrogen (secondary N) is 2. The maximum atomic E-state index is 13.1. The molecule has 2 aromatic rings. The number of nitrogens with zero attached hydrogens (tertiary/aromatic N) is 1. The average Bonchev–Trinajstić information content (AvgIpc) is 2.85. The molecule has 0 spiro atoms. The van der Waals surface area contributed by atoms with E-state index in [2.05, 4.69) is 15.6 Å². The first-order valence-electron chi connectivity index (χ1n) is 6.77. The van der Waals surface area contributed by atoms with Crippen LogP contribution in [0.3, 0.4) is 0 Å². The van der Waals surface area contributed by atoms with Crippen LogP contribution < -0.4 is 10.6 Å². The van der Waals surface area contributed by atoms with E-state index in [0.29, 0.717) is 0 Å². The molecule has 4 nitrogen and oxygen atoms in total. The number of aromatic nitrogens is 1. The Labute approximate surface area is 120 Å². The zero-order valence-electron chi connectivity index (χ0n) is 11.3. The monoisotopic (exact) mass is 291 g/mol. The van der Waals surface area contributed by atoms with Gasteiger partial charge in [0.05, 0.1) is 18.1 Å². The Morgan fingerprint density at radius 2 is 2.19 bits per heavy atom. The second kappa shape index (κ2) is 5.37. The summed E-state index contributed by atoms with van der Waals surface area (Å²) >= 11 is 0. The summed E-state index contributed by atoms with van der Waals surface area (Å²) in [6.45, 7) is -0.169. The fourth-order valence-electron chi connectivity index (χ4n) is 2.52. The van der Waals surface area contributed by atoms with E-state index < -0.39 is 30.8 Å². The lowest BCUT2D eigenvalue weighted by atomic mass is 10.1. The summed E-state index contributed by atoms with van der Waals surface area (Å²) in [6.07, 6.45) is 1.24. The fourth-order valence-corrected chi connectivity index (χ4v) is 2.52. The van der Waals surface area contributed by atoms with Gasteiger partial charge in [0.15, 0.2) is 0 Å². The van der Waals surface area contributed by atoms with Gasteiger partial charge >= 0.3 is 0 Å². The van der Waals surface area contributed by atoms with Crippen molar-refractivity contribution in [2.45, 2.75) is 24.9 Å². The van der Waals surface area contributed by atoms with E-state index in [4.69, 9.17) is 0 Å². The van der Waals surface area contributed by atoms with Crippen LogP contribution in [0.5, 0.6) is 0 Å². The third-order valence-electron chi connectivity index (χ3n) is 3.60. The van der Waals surface area contributed by atoms with Crippen molar-refractivity contribution >= 4 is 16.8 Å². The van der Waals surface area contributed by atoms with Gasteiger partial charge in [-0.1, -0.05) is 24.3 Å². The van der Waals surface area contributed by atoms with E-state index in [1.54, 1.807) is 6.20 Å². The molecule has 1 aromatic heterocycles. The molecule has 1 amide bonds. The van der Waals surface area contributed by atoms with E-state index in [-0.39, 0.29) is 6.54 Å². The number of alkyl halides is 2. The molecule has 1 fully saturated rings. The van der Waals surface area contributed by atoms with Crippen molar-refractivity contribution in [3.05, 3.63) is 42.1 Å². The summed E-state index contributed by atoms with van der Waals surface area (Å²) < 4.78 is 26.1. The number of hydrogen-bond acceptors (Lipinski definition) is 3. The first-order valence-corrected chi connectivity index (χ1v) is 6.77. The molecule has 2 N–H and O–H groups in total. The minimum absolute atomic E-state index is 0.275. The van der Waals surface area contributed by atoms with Crippen molar-refractivity contribution in [3.8, 4) is 0 Å². The van der Waals surface area contributed by atoms with Crippen molar-refractivity contribution in [1.82, 2.24) is 15.6 Å². The number of carbonyl (C=O) groups excluding carboxylic acids is 1. The number of rotatable bonds is 3. The van der Waals surface area contributed by atoms with Gasteiger partial charge in [-0.15, -0.1) is 0 Å². The molecule has 21 heavy (non-hydrogen) atoms. The maximum Gasteiger partial charge on any atom is 0.262 e. The number of benzene rings is 1. The molecular formula is C15H15F2N3O. The van der Waals surface area contributed by atoms with Crippen molar-refractivity contribution in [3.63, 3.8) is 0 Å². The lowest BCUT2D eigenvalue weighted by molar-refractivity contribution is -0.123. The van der Waals surface area contributed by atoms with Crippen LogP contribution in [0.4, 0.5) is 8.78 Å². The molecule has 1 saturated heterocycles. The molecule has 0 bridgehead atoms. The topological polar surface area (TPSA) is 54.0 Å². The maximum absolute atomic E-state index is 13.1. The summed E-state index contributed by atoms with van der Waals surface area (Å²) in [7, 11) is 0. The Bertz CT molecular complexity index is 670. The number of amides is 1. The van der Waals surface area contributed by atoms with Gasteiger partial charge in [0.2, 0.25) is 5.91 Å². The van der Waals surface area contributed by atoms with Gasteiger partial charge in [-0.05, 0) is 11.6 Å². The number of carbonyl (C=O) groups is 1. The molecular weight excluding hydrogens is 276 g/mol. The summed E-state index contributed by atoms with van der Waals surface area (Å²) in [6, 6.07) is 8.64. The van der Waals surface area contributed by atoms with Crippen molar-refractivity contribution < 1.29 is 13.6 Å². The Morgan fingerprint density at radius 3 is 2.95 bits per heavy atom. The molecule has 3 rings (SSSR count). The zero-order valence-corrected chi connectivity index (χ0v) is 11.3. The second-order valence-electron chi connectivity index (χ2n) is 5.20. The Morgan fingerprint density at radius 1 is 1.38 bits per heavy atom. The first-order chi connectivity index (χ1) is 10.1. The molecule has 0 aliphatic carbocycles. The third-order valence-corrected chi connectivity index (χ3v) is 3.60. The van der Waals surface area contributed by atoms with Gasteiger partial charge < -0.3 is 5.32 Å².